The van der Waals surface area contributed by atoms with E-state index in [0.717, 1.165) is 13.0 Å². The van der Waals surface area contributed by atoms with Crippen molar-refractivity contribution in [2.45, 2.75) is 32.0 Å². The number of halogens is 1. The highest BCUT2D eigenvalue weighted by Gasteiger charge is 2.20. The van der Waals surface area contributed by atoms with E-state index in [1.807, 2.05) is 12.1 Å². The summed E-state index contributed by atoms with van der Waals surface area (Å²) in [4.78, 5) is 12.0. The van der Waals surface area contributed by atoms with E-state index in [-0.39, 0.29) is 24.3 Å². The molecule has 1 atom stereocenters. The molecule has 1 amide bonds. The Morgan fingerprint density at radius 3 is 2.68 bits per heavy atom. The summed E-state index contributed by atoms with van der Waals surface area (Å²) in [6.45, 7) is 1.02. The van der Waals surface area contributed by atoms with Gasteiger partial charge in [-0.2, -0.15) is 0 Å². The van der Waals surface area contributed by atoms with Gasteiger partial charge in [-0.25, -0.2) is 4.39 Å². The van der Waals surface area contributed by atoms with Gasteiger partial charge < -0.3 is 10.6 Å². The summed E-state index contributed by atoms with van der Waals surface area (Å²) in [5, 5.41) is 6.17. The molecule has 0 aromatic heterocycles. The van der Waals surface area contributed by atoms with Crippen LogP contribution in [0, 0.1) is 5.82 Å². The maximum atomic E-state index is 13.5. The number of fused-ring (bicyclic) bond motifs is 1. The van der Waals surface area contributed by atoms with Crippen LogP contribution in [0.15, 0.2) is 48.5 Å². The zero-order valence-corrected chi connectivity index (χ0v) is 12.3. The second-order valence-electron chi connectivity index (χ2n) is 5.62. The van der Waals surface area contributed by atoms with E-state index >= 15 is 0 Å². The maximum Gasteiger partial charge on any atom is 0.221 e. The van der Waals surface area contributed by atoms with Crippen LogP contribution in [0.2, 0.25) is 0 Å². The molecule has 1 aliphatic heterocycles. The lowest BCUT2D eigenvalue weighted by Gasteiger charge is -2.25. The third-order valence-electron chi connectivity index (χ3n) is 4.03. The predicted octanol–water partition coefficient (Wildman–Crippen LogP) is 2.55. The van der Waals surface area contributed by atoms with Crippen LogP contribution >= 0.6 is 0 Å². The Bertz CT molecular complexity index is 672. The Labute approximate surface area is 129 Å². The van der Waals surface area contributed by atoms with E-state index < -0.39 is 0 Å². The first-order valence-electron chi connectivity index (χ1n) is 7.52. The monoisotopic (exact) mass is 298 g/mol. The van der Waals surface area contributed by atoms with Gasteiger partial charge in [0.1, 0.15) is 5.82 Å². The summed E-state index contributed by atoms with van der Waals surface area (Å²) < 4.78 is 13.5. The normalized spacial score (nSPS) is 16.9. The van der Waals surface area contributed by atoms with Crippen LogP contribution in [0.4, 0.5) is 4.39 Å². The van der Waals surface area contributed by atoms with Gasteiger partial charge in [-0.1, -0.05) is 42.5 Å². The van der Waals surface area contributed by atoms with Gasteiger partial charge in [-0.05, 0) is 23.6 Å². The summed E-state index contributed by atoms with van der Waals surface area (Å²) in [5.74, 6) is -0.340. The fourth-order valence-electron chi connectivity index (χ4n) is 2.80. The molecule has 0 fully saturated rings. The van der Waals surface area contributed by atoms with Crippen molar-refractivity contribution in [2.75, 3.05) is 0 Å². The smallest absolute Gasteiger partial charge is 0.221 e. The van der Waals surface area contributed by atoms with E-state index in [9.17, 15) is 9.18 Å². The van der Waals surface area contributed by atoms with Crippen LogP contribution in [0.25, 0.3) is 0 Å². The highest BCUT2D eigenvalue weighted by atomic mass is 19.1. The number of amides is 1. The average Bonchev–Trinajstić information content (AvgIpc) is 2.54. The lowest BCUT2D eigenvalue weighted by Crippen LogP contribution is -2.39. The molecule has 1 heterocycles. The van der Waals surface area contributed by atoms with Gasteiger partial charge in [0.05, 0.1) is 0 Å². The van der Waals surface area contributed by atoms with Gasteiger partial charge in [0.15, 0.2) is 0 Å². The molecule has 0 aliphatic carbocycles. The average molecular weight is 298 g/mol. The van der Waals surface area contributed by atoms with Crippen LogP contribution < -0.4 is 10.6 Å². The molecule has 114 valence electrons. The van der Waals surface area contributed by atoms with E-state index in [2.05, 4.69) is 22.8 Å². The largest absolute Gasteiger partial charge is 0.352 e. The number of carbonyl (C=O) groups excluding carboxylic acids is 1. The van der Waals surface area contributed by atoms with Gasteiger partial charge in [0.2, 0.25) is 5.91 Å². The molecule has 3 nitrogen and oxygen atoms in total. The number of carbonyl (C=O) groups is 1. The maximum absolute atomic E-state index is 13.5. The standard InChI is InChI=1S/C18H19FN2O/c19-17-8-4-3-7-15(17)12-21-18(22)10-16-9-13-5-1-2-6-14(13)11-20-16/h1-8,16,20H,9-12H2,(H,21,22)/t16-/m0/s1. The summed E-state index contributed by atoms with van der Waals surface area (Å²) in [5.41, 5.74) is 3.11. The van der Waals surface area contributed by atoms with Gasteiger partial charge >= 0.3 is 0 Å². The van der Waals surface area contributed by atoms with Crippen molar-refractivity contribution in [1.29, 1.82) is 0 Å². The molecule has 22 heavy (non-hydrogen) atoms. The van der Waals surface area contributed by atoms with Gasteiger partial charge in [-0.3, -0.25) is 4.79 Å². The Morgan fingerprint density at radius 1 is 1.14 bits per heavy atom. The zero-order valence-electron chi connectivity index (χ0n) is 12.3. The quantitative estimate of drug-likeness (QED) is 0.911. The van der Waals surface area contributed by atoms with E-state index in [1.165, 1.54) is 17.2 Å². The highest BCUT2D eigenvalue weighted by Crippen LogP contribution is 2.17. The predicted molar refractivity (Wildman–Crippen MR) is 83.6 cm³/mol. The second kappa shape index (κ2) is 6.71. The van der Waals surface area contributed by atoms with Crippen LogP contribution in [0.3, 0.4) is 0 Å². The molecular weight excluding hydrogens is 279 g/mol. The van der Waals surface area contributed by atoms with Crippen molar-refractivity contribution in [3.63, 3.8) is 0 Å². The number of nitrogens with one attached hydrogen (secondary N) is 2. The Kier molecular flexibility index (Phi) is 4.49. The van der Waals surface area contributed by atoms with E-state index in [0.29, 0.717) is 12.0 Å². The fourth-order valence-corrected chi connectivity index (χ4v) is 2.80. The topological polar surface area (TPSA) is 41.1 Å². The van der Waals surface area contributed by atoms with Crippen molar-refractivity contribution in [3.05, 3.63) is 71.0 Å². The van der Waals surface area contributed by atoms with Crippen LogP contribution in [-0.4, -0.2) is 11.9 Å². The van der Waals surface area contributed by atoms with Crippen molar-refractivity contribution < 1.29 is 9.18 Å². The minimum absolute atomic E-state index is 0.0554. The Hall–Kier alpha value is -2.20. The molecule has 2 N–H and O–H groups in total. The minimum atomic E-state index is -0.285. The molecule has 2 aromatic carbocycles. The van der Waals surface area contributed by atoms with Crippen molar-refractivity contribution in [1.82, 2.24) is 10.6 Å². The summed E-state index contributed by atoms with van der Waals surface area (Å²) in [6, 6.07) is 14.9. The van der Waals surface area contributed by atoms with Crippen molar-refractivity contribution in [3.8, 4) is 0 Å². The fraction of sp³-hybridized carbons (Fsp3) is 0.278. The van der Waals surface area contributed by atoms with E-state index in [1.54, 1.807) is 18.2 Å². The molecule has 1 aliphatic rings. The first-order valence-corrected chi connectivity index (χ1v) is 7.52. The number of rotatable bonds is 4. The third-order valence-corrected chi connectivity index (χ3v) is 4.03. The van der Waals surface area contributed by atoms with E-state index in [4.69, 9.17) is 0 Å². The van der Waals surface area contributed by atoms with Gasteiger partial charge in [0, 0.05) is 31.1 Å². The first-order chi connectivity index (χ1) is 10.7. The molecule has 0 radical (unpaired) electrons. The molecular formula is C18H19FN2O. The van der Waals surface area contributed by atoms with Crippen LogP contribution in [-0.2, 0) is 24.3 Å². The zero-order chi connectivity index (χ0) is 15.4. The summed E-state index contributed by atoms with van der Waals surface area (Å²) in [7, 11) is 0. The number of benzene rings is 2. The minimum Gasteiger partial charge on any atom is -0.352 e. The van der Waals surface area contributed by atoms with Crippen LogP contribution in [0.5, 0.6) is 0 Å². The van der Waals surface area contributed by atoms with Crippen molar-refractivity contribution in [2.24, 2.45) is 0 Å². The summed E-state index contributed by atoms with van der Waals surface area (Å²) in [6.07, 6.45) is 1.26. The molecule has 3 rings (SSSR count). The molecule has 0 spiro atoms. The molecule has 2 aromatic rings. The third kappa shape index (κ3) is 3.52. The van der Waals surface area contributed by atoms with Gasteiger partial charge in [0.25, 0.3) is 0 Å². The number of hydrogen-bond acceptors (Lipinski definition) is 2. The molecule has 4 heteroatoms. The SMILES string of the molecule is O=C(C[C@@H]1Cc2ccccc2CN1)NCc1ccccc1F. The molecule has 0 unspecified atom stereocenters. The van der Waals surface area contributed by atoms with Gasteiger partial charge in [-0.15, -0.1) is 0 Å². The number of hydrogen-bond donors (Lipinski definition) is 2. The lowest BCUT2D eigenvalue weighted by molar-refractivity contribution is -0.121. The summed E-state index contributed by atoms with van der Waals surface area (Å²) >= 11 is 0. The lowest BCUT2D eigenvalue weighted by atomic mass is 9.94. The Morgan fingerprint density at radius 2 is 1.86 bits per heavy atom. The molecule has 0 bridgehead atoms. The Balaban J connectivity index is 1.52. The first kappa shape index (κ1) is 14.7. The highest BCUT2D eigenvalue weighted by molar-refractivity contribution is 5.76. The second-order valence-corrected chi connectivity index (χ2v) is 5.62. The van der Waals surface area contributed by atoms with Crippen LogP contribution in [0.1, 0.15) is 23.1 Å². The molecule has 0 saturated heterocycles. The molecule has 0 saturated carbocycles. The van der Waals surface area contributed by atoms with Crippen molar-refractivity contribution >= 4 is 5.91 Å².